The lowest BCUT2D eigenvalue weighted by molar-refractivity contribution is 1.07. The van der Waals surface area contributed by atoms with E-state index in [1.165, 1.54) is 0 Å². The fraction of sp³-hybridized carbons (Fsp3) is 0.133. The van der Waals surface area contributed by atoms with E-state index < -0.39 is 0 Å². The zero-order valence-electron chi connectivity index (χ0n) is 11.2. The molecule has 2 aromatic heterocycles. The molecule has 0 unspecified atom stereocenters. The lowest BCUT2D eigenvalue weighted by Gasteiger charge is -2.09. The van der Waals surface area contributed by atoms with Crippen molar-refractivity contribution in [1.29, 1.82) is 0 Å². The first kappa shape index (κ1) is 13.2. The van der Waals surface area contributed by atoms with Crippen LogP contribution in [-0.2, 0) is 0 Å². The lowest BCUT2D eigenvalue weighted by Crippen LogP contribution is -2.03. The van der Waals surface area contributed by atoms with Crippen LogP contribution in [0.3, 0.4) is 0 Å². The van der Waals surface area contributed by atoms with Crippen LogP contribution in [0.25, 0.3) is 22.3 Å². The molecule has 0 atom stereocenters. The van der Waals surface area contributed by atoms with Gasteiger partial charge in [0.1, 0.15) is 11.5 Å². The van der Waals surface area contributed by atoms with Gasteiger partial charge < -0.3 is 5.32 Å². The number of nitrogens with zero attached hydrogens (tertiary/aromatic N) is 3. The molecule has 0 radical (unpaired) electrons. The number of aromatic nitrogens is 3. The third-order valence-corrected chi connectivity index (χ3v) is 4.43. The van der Waals surface area contributed by atoms with Crippen molar-refractivity contribution in [3.63, 3.8) is 0 Å². The molecule has 0 amide bonds. The van der Waals surface area contributed by atoms with E-state index in [2.05, 4.69) is 48.9 Å². The molecule has 0 bridgehead atoms. The van der Waals surface area contributed by atoms with Crippen molar-refractivity contribution in [3.05, 3.63) is 45.8 Å². The second-order valence-electron chi connectivity index (χ2n) is 4.43. The Morgan fingerprint density at radius 2 is 1.90 bits per heavy atom. The van der Waals surface area contributed by atoms with E-state index in [4.69, 9.17) is 0 Å². The summed E-state index contributed by atoms with van der Waals surface area (Å²) < 4.78 is 1.04. The Hall–Kier alpha value is -1.76. The van der Waals surface area contributed by atoms with Crippen molar-refractivity contribution >= 4 is 39.2 Å². The SMILES string of the molecule is CNc1nc(-c2nccc3ccccc23)nc(C)c1I. The maximum absolute atomic E-state index is 4.58. The fourth-order valence-corrected chi connectivity index (χ4v) is 2.64. The highest BCUT2D eigenvalue weighted by Gasteiger charge is 2.12. The Morgan fingerprint density at radius 1 is 1.10 bits per heavy atom. The predicted molar refractivity (Wildman–Crippen MR) is 89.8 cm³/mol. The van der Waals surface area contributed by atoms with Gasteiger partial charge in [-0.05, 0) is 41.0 Å². The summed E-state index contributed by atoms with van der Waals surface area (Å²) in [4.78, 5) is 13.6. The van der Waals surface area contributed by atoms with Crippen LogP contribution in [0.5, 0.6) is 0 Å². The first-order chi connectivity index (χ1) is 9.70. The number of nitrogens with one attached hydrogen (secondary N) is 1. The van der Waals surface area contributed by atoms with Crippen LogP contribution in [-0.4, -0.2) is 22.0 Å². The number of hydrogen-bond donors (Lipinski definition) is 1. The molecule has 0 fully saturated rings. The van der Waals surface area contributed by atoms with Gasteiger partial charge >= 0.3 is 0 Å². The smallest absolute Gasteiger partial charge is 0.181 e. The Labute approximate surface area is 130 Å². The van der Waals surface area contributed by atoms with Gasteiger partial charge in [0.2, 0.25) is 0 Å². The molecule has 5 heteroatoms. The quantitative estimate of drug-likeness (QED) is 0.694. The van der Waals surface area contributed by atoms with Crippen molar-refractivity contribution < 1.29 is 0 Å². The summed E-state index contributed by atoms with van der Waals surface area (Å²) in [6.07, 6.45) is 1.80. The van der Waals surface area contributed by atoms with Gasteiger partial charge in [-0.1, -0.05) is 24.3 Å². The number of benzene rings is 1. The molecule has 1 N–H and O–H groups in total. The Kier molecular flexibility index (Phi) is 3.52. The van der Waals surface area contributed by atoms with Crippen molar-refractivity contribution in [1.82, 2.24) is 15.0 Å². The molecule has 0 spiro atoms. The number of aryl methyl sites for hydroxylation is 1. The molecule has 0 saturated carbocycles. The highest BCUT2D eigenvalue weighted by atomic mass is 127. The van der Waals surface area contributed by atoms with E-state index in [1.54, 1.807) is 6.20 Å². The molecule has 100 valence electrons. The standard InChI is InChI=1S/C15H13IN4/c1-9-12(16)14(17-2)20-15(19-9)13-11-6-4-3-5-10(11)7-8-18-13/h3-8H,1-2H3,(H,17,19,20). The summed E-state index contributed by atoms with van der Waals surface area (Å²) in [5, 5.41) is 5.32. The first-order valence-electron chi connectivity index (χ1n) is 6.26. The minimum absolute atomic E-state index is 0.657. The summed E-state index contributed by atoms with van der Waals surface area (Å²) in [5.74, 6) is 1.49. The molecule has 1 aromatic carbocycles. The van der Waals surface area contributed by atoms with Gasteiger partial charge in [0.25, 0.3) is 0 Å². The average molecular weight is 376 g/mol. The molecule has 0 aliphatic rings. The molecule has 2 heterocycles. The second kappa shape index (κ2) is 5.32. The van der Waals surface area contributed by atoms with Crippen molar-refractivity contribution in [3.8, 4) is 11.5 Å². The Morgan fingerprint density at radius 3 is 2.70 bits per heavy atom. The number of hydrogen-bond acceptors (Lipinski definition) is 4. The van der Waals surface area contributed by atoms with E-state index in [9.17, 15) is 0 Å². The molecular formula is C15H13IN4. The summed E-state index contributed by atoms with van der Waals surface area (Å²) >= 11 is 2.25. The fourth-order valence-electron chi connectivity index (χ4n) is 2.13. The average Bonchev–Trinajstić information content (AvgIpc) is 2.49. The topological polar surface area (TPSA) is 50.7 Å². The van der Waals surface area contributed by atoms with Crippen LogP contribution in [0, 0.1) is 10.5 Å². The Bertz CT molecular complexity index is 781. The summed E-state index contributed by atoms with van der Waals surface area (Å²) in [6, 6.07) is 10.1. The molecule has 0 aliphatic heterocycles. The minimum Gasteiger partial charge on any atom is -0.372 e. The van der Waals surface area contributed by atoms with E-state index in [1.807, 2.05) is 38.2 Å². The molecular weight excluding hydrogens is 363 g/mol. The van der Waals surface area contributed by atoms with Crippen molar-refractivity contribution in [2.75, 3.05) is 12.4 Å². The van der Waals surface area contributed by atoms with Crippen LogP contribution in [0.2, 0.25) is 0 Å². The Balaban J connectivity index is 2.28. The monoisotopic (exact) mass is 376 g/mol. The molecule has 3 aromatic rings. The molecule has 0 saturated heterocycles. The largest absolute Gasteiger partial charge is 0.372 e. The van der Waals surface area contributed by atoms with E-state index in [0.29, 0.717) is 5.82 Å². The highest BCUT2D eigenvalue weighted by molar-refractivity contribution is 14.1. The van der Waals surface area contributed by atoms with E-state index >= 15 is 0 Å². The van der Waals surface area contributed by atoms with Crippen molar-refractivity contribution in [2.24, 2.45) is 0 Å². The van der Waals surface area contributed by atoms with Crippen molar-refractivity contribution in [2.45, 2.75) is 6.92 Å². The highest BCUT2D eigenvalue weighted by Crippen LogP contribution is 2.27. The molecule has 4 nitrogen and oxygen atoms in total. The lowest BCUT2D eigenvalue weighted by atomic mass is 10.1. The van der Waals surface area contributed by atoms with Crippen LogP contribution in [0.4, 0.5) is 5.82 Å². The summed E-state index contributed by atoms with van der Waals surface area (Å²) in [7, 11) is 1.87. The molecule has 0 aliphatic carbocycles. The van der Waals surface area contributed by atoms with Gasteiger partial charge in [-0.25, -0.2) is 9.97 Å². The third kappa shape index (κ3) is 2.22. The number of anilines is 1. The van der Waals surface area contributed by atoms with Crippen LogP contribution in [0.15, 0.2) is 36.5 Å². The third-order valence-electron chi connectivity index (χ3n) is 3.14. The second-order valence-corrected chi connectivity index (χ2v) is 5.50. The summed E-state index contributed by atoms with van der Waals surface area (Å²) in [5.41, 5.74) is 1.77. The predicted octanol–water partition coefficient (Wildman–Crippen LogP) is 3.65. The van der Waals surface area contributed by atoms with Crippen LogP contribution < -0.4 is 5.32 Å². The van der Waals surface area contributed by atoms with Crippen LogP contribution in [0.1, 0.15) is 5.69 Å². The normalized spacial score (nSPS) is 10.8. The molecule has 20 heavy (non-hydrogen) atoms. The van der Waals surface area contributed by atoms with Gasteiger partial charge in [-0.15, -0.1) is 0 Å². The minimum atomic E-state index is 0.657. The maximum atomic E-state index is 4.58. The van der Waals surface area contributed by atoms with Gasteiger partial charge in [0.15, 0.2) is 5.82 Å². The number of fused-ring (bicyclic) bond motifs is 1. The van der Waals surface area contributed by atoms with Gasteiger partial charge in [0, 0.05) is 18.6 Å². The summed E-state index contributed by atoms with van der Waals surface area (Å²) in [6.45, 7) is 1.99. The van der Waals surface area contributed by atoms with Crippen LogP contribution >= 0.6 is 22.6 Å². The number of pyridine rings is 1. The van der Waals surface area contributed by atoms with Gasteiger partial charge in [-0.3, -0.25) is 4.98 Å². The maximum Gasteiger partial charge on any atom is 0.181 e. The number of rotatable bonds is 2. The number of halogens is 1. The molecule has 3 rings (SSSR count). The van der Waals surface area contributed by atoms with E-state index in [-0.39, 0.29) is 0 Å². The first-order valence-corrected chi connectivity index (χ1v) is 7.34. The van der Waals surface area contributed by atoms with Gasteiger partial charge in [0.05, 0.1) is 9.26 Å². The van der Waals surface area contributed by atoms with E-state index in [0.717, 1.165) is 31.5 Å². The van der Waals surface area contributed by atoms with Gasteiger partial charge in [-0.2, -0.15) is 0 Å². The zero-order chi connectivity index (χ0) is 14.1. The zero-order valence-corrected chi connectivity index (χ0v) is 13.3.